The Morgan fingerprint density at radius 2 is 1.92 bits per heavy atom. The van der Waals surface area contributed by atoms with Gasteiger partial charge in [0.2, 0.25) is 0 Å². The number of anilines is 1. The second kappa shape index (κ2) is 7.22. The molecule has 26 heavy (non-hydrogen) atoms. The van der Waals surface area contributed by atoms with E-state index in [9.17, 15) is 19.7 Å². The zero-order valence-corrected chi connectivity index (χ0v) is 14.1. The van der Waals surface area contributed by atoms with Crippen molar-refractivity contribution in [3.8, 4) is 0 Å². The summed E-state index contributed by atoms with van der Waals surface area (Å²) >= 11 is 0. The summed E-state index contributed by atoms with van der Waals surface area (Å²) in [5.74, 6) is -0.802. The van der Waals surface area contributed by atoms with Crippen molar-refractivity contribution in [2.45, 2.75) is 25.9 Å². The number of carbonyl (C=O) groups is 2. The van der Waals surface area contributed by atoms with Crippen LogP contribution in [0.25, 0.3) is 0 Å². The summed E-state index contributed by atoms with van der Waals surface area (Å²) in [7, 11) is 0. The van der Waals surface area contributed by atoms with Crippen LogP contribution in [0.4, 0.5) is 11.4 Å². The van der Waals surface area contributed by atoms with Gasteiger partial charge >= 0.3 is 0 Å². The van der Waals surface area contributed by atoms with Crippen molar-refractivity contribution in [2.75, 3.05) is 5.32 Å². The fourth-order valence-corrected chi connectivity index (χ4v) is 2.82. The lowest BCUT2D eigenvalue weighted by atomic mass is 10.1. The molecule has 8 heteroatoms. The van der Waals surface area contributed by atoms with E-state index in [1.54, 1.807) is 12.1 Å². The first-order chi connectivity index (χ1) is 12.5. The van der Waals surface area contributed by atoms with Crippen molar-refractivity contribution in [1.29, 1.82) is 0 Å². The molecular weight excluding hydrogens is 336 g/mol. The SMILES string of the molecule is CCCC1Nc2ccccc2C(=O)N1NC(=O)c1ccc([N+](=O)[O-])cc1. The summed E-state index contributed by atoms with van der Waals surface area (Å²) in [6, 6.07) is 12.3. The van der Waals surface area contributed by atoms with Gasteiger partial charge < -0.3 is 5.32 Å². The molecule has 1 atom stereocenters. The molecule has 0 aliphatic carbocycles. The average molecular weight is 354 g/mol. The number of amides is 2. The maximum atomic E-state index is 12.8. The number of non-ortho nitro benzene ring substituents is 1. The van der Waals surface area contributed by atoms with Crippen molar-refractivity contribution < 1.29 is 14.5 Å². The van der Waals surface area contributed by atoms with Gasteiger partial charge in [-0.2, -0.15) is 0 Å². The Bertz CT molecular complexity index is 851. The summed E-state index contributed by atoms with van der Waals surface area (Å²) in [6.45, 7) is 1.99. The van der Waals surface area contributed by atoms with Crippen molar-refractivity contribution in [3.63, 3.8) is 0 Å². The molecule has 0 aromatic heterocycles. The van der Waals surface area contributed by atoms with Crippen LogP contribution in [0, 0.1) is 10.1 Å². The fourth-order valence-electron chi connectivity index (χ4n) is 2.82. The molecule has 0 fully saturated rings. The monoisotopic (exact) mass is 354 g/mol. The standard InChI is InChI=1S/C18H18N4O4/c1-2-5-16-19-15-7-4-3-6-14(15)18(24)21(16)20-17(23)12-8-10-13(11-9-12)22(25)26/h3-4,6-11,16,19H,2,5H2,1H3,(H,20,23). The zero-order chi connectivity index (χ0) is 18.7. The van der Waals surface area contributed by atoms with E-state index < -0.39 is 10.8 Å². The number of nitrogens with zero attached hydrogens (tertiary/aromatic N) is 2. The van der Waals surface area contributed by atoms with E-state index in [0.717, 1.165) is 12.1 Å². The molecule has 2 N–H and O–H groups in total. The minimum Gasteiger partial charge on any atom is -0.363 e. The average Bonchev–Trinajstić information content (AvgIpc) is 2.65. The van der Waals surface area contributed by atoms with Crippen molar-refractivity contribution in [2.24, 2.45) is 0 Å². The molecule has 0 spiro atoms. The third kappa shape index (κ3) is 3.34. The molecule has 2 aromatic rings. The molecule has 2 aromatic carbocycles. The molecule has 3 rings (SSSR count). The summed E-state index contributed by atoms with van der Waals surface area (Å²) in [6.07, 6.45) is 1.10. The van der Waals surface area contributed by atoms with Crippen LogP contribution in [0.15, 0.2) is 48.5 Å². The van der Waals surface area contributed by atoms with E-state index >= 15 is 0 Å². The number of nitro benzene ring substituents is 1. The van der Waals surface area contributed by atoms with Gasteiger partial charge in [-0.25, -0.2) is 5.01 Å². The van der Waals surface area contributed by atoms with E-state index in [2.05, 4.69) is 10.7 Å². The molecule has 0 radical (unpaired) electrons. The highest BCUT2D eigenvalue weighted by molar-refractivity contribution is 6.03. The van der Waals surface area contributed by atoms with Crippen molar-refractivity contribution >= 4 is 23.2 Å². The summed E-state index contributed by atoms with van der Waals surface area (Å²) < 4.78 is 0. The molecule has 1 aliphatic rings. The number of hydrogen-bond donors (Lipinski definition) is 2. The highest BCUT2D eigenvalue weighted by Crippen LogP contribution is 2.26. The first-order valence-corrected chi connectivity index (χ1v) is 8.26. The third-order valence-electron chi connectivity index (χ3n) is 4.13. The summed E-state index contributed by atoms with van der Waals surface area (Å²) in [4.78, 5) is 35.5. The molecule has 0 saturated carbocycles. The van der Waals surface area contributed by atoms with Gasteiger partial charge in [-0.3, -0.25) is 25.1 Å². The molecule has 2 amide bonds. The van der Waals surface area contributed by atoms with Crippen LogP contribution >= 0.6 is 0 Å². The van der Waals surface area contributed by atoms with Crippen molar-refractivity contribution in [1.82, 2.24) is 10.4 Å². The second-order valence-corrected chi connectivity index (χ2v) is 5.91. The number of nitro groups is 1. The number of fused-ring (bicyclic) bond motifs is 1. The third-order valence-corrected chi connectivity index (χ3v) is 4.13. The molecule has 0 bridgehead atoms. The van der Waals surface area contributed by atoms with Crippen LogP contribution in [0.2, 0.25) is 0 Å². The van der Waals surface area contributed by atoms with Gasteiger partial charge in [0.1, 0.15) is 6.17 Å². The van der Waals surface area contributed by atoms with E-state index in [4.69, 9.17) is 0 Å². The largest absolute Gasteiger partial charge is 0.363 e. The number of rotatable bonds is 5. The predicted molar refractivity (Wildman–Crippen MR) is 95.5 cm³/mol. The van der Waals surface area contributed by atoms with E-state index in [1.165, 1.54) is 29.3 Å². The molecule has 1 heterocycles. The smallest absolute Gasteiger partial charge is 0.276 e. The highest BCUT2D eigenvalue weighted by Gasteiger charge is 2.32. The normalized spacial score (nSPS) is 15.8. The topological polar surface area (TPSA) is 105 Å². The fraction of sp³-hybridized carbons (Fsp3) is 0.222. The van der Waals surface area contributed by atoms with Crippen LogP contribution in [-0.2, 0) is 0 Å². The minimum absolute atomic E-state index is 0.102. The maximum absolute atomic E-state index is 12.8. The van der Waals surface area contributed by atoms with Crippen LogP contribution in [0.3, 0.4) is 0 Å². The molecule has 8 nitrogen and oxygen atoms in total. The first kappa shape index (κ1) is 17.4. The van der Waals surface area contributed by atoms with Gasteiger partial charge in [0, 0.05) is 23.4 Å². The lowest BCUT2D eigenvalue weighted by Crippen LogP contribution is -2.57. The molecule has 1 aliphatic heterocycles. The number of hydrogen-bond acceptors (Lipinski definition) is 5. The number of benzene rings is 2. The van der Waals surface area contributed by atoms with Crippen LogP contribution in [-0.4, -0.2) is 27.9 Å². The van der Waals surface area contributed by atoms with Gasteiger partial charge in [-0.15, -0.1) is 0 Å². The molecule has 0 saturated heterocycles. The van der Waals surface area contributed by atoms with Crippen LogP contribution < -0.4 is 10.7 Å². The minimum atomic E-state index is -0.534. The molecule has 134 valence electrons. The molecular formula is C18H18N4O4. The Labute approximate surface area is 149 Å². The van der Waals surface area contributed by atoms with Gasteiger partial charge in [0.05, 0.1) is 10.5 Å². The summed E-state index contributed by atoms with van der Waals surface area (Å²) in [5, 5.41) is 15.3. The molecule has 1 unspecified atom stereocenters. The lowest BCUT2D eigenvalue weighted by Gasteiger charge is -2.37. The second-order valence-electron chi connectivity index (χ2n) is 5.91. The Hall–Kier alpha value is -3.42. The number of nitrogens with one attached hydrogen (secondary N) is 2. The van der Waals surface area contributed by atoms with E-state index in [-0.39, 0.29) is 23.3 Å². The summed E-state index contributed by atoms with van der Waals surface area (Å²) in [5.41, 5.74) is 3.96. The van der Waals surface area contributed by atoms with E-state index in [1.807, 2.05) is 19.1 Å². The Kier molecular flexibility index (Phi) is 4.83. The van der Waals surface area contributed by atoms with Crippen LogP contribution in [0.1, 0.15) is 40.5 Å². The quantitative estimate of drug-likeness (QED) is 0.634. The number of carbonyl (C=O) groups excluding carboxylic acids is 2. The van der Waals surface area contributed by atoms with Gasteiger partial charge in [0.25, 0.3) is 17.5 Å². The highest BCUT2D eigenvalue weighted by atomic mass is 16.6. The Morgan fingerprint density at radius 1 is 1.23 bits per heavy atom. The Morgan fingerprint density at radius 3 is 2.58 bits per heavy atom. The number of hydrazine groups is 1. The van der Waals surface area contributed by atoms with Gasteiger partial charge in [0.15, 0.2) is 0 Å². The van der Waals surface area contributed by atoms with Crippen LogP contribution in [0.5, 0.6) is 0 Å². The Balaban J connectivity index is 1.83. The predicted octanol–water partition coefficient (Wildman–Crippen LogP) is 2.93. The maximum Gasteiger partial charge on any atom is 0.276 e. The van der Waals surface area contributed by atoms with E-state index in [0.29, 0.717) is 12.0 Å². The zero-order valence-electron chi connectivity index (χ0n) is 14.1. The number of para-hydroxylation sites is 1. The first-order valence-electron chi connectivity index (χ1n) is 8.26. The lowest BCUT2D eigenvalue weighted by molar-refractivity contribution is -0.384. The van der Waals surface area contributed by atoms with Crippen molar-refractivity contribution in [3.05, 3.63) is 69.8 Å². The van der Waals surface area contributed by atoms with Gasteiger partial charge in [-0.05, 0) is 30.7 Å². The van der Waals surface area contributed by atoms with Gasteiger partial charge in [-0.1, -0.05) is 25.5 Å².